The molecule has 8 heteroatoms. The average molecular weight is 398 g/mol. The number of ether oxygens (including phenoxy) is 1. The molecule has 2 heterocycles. The van der Waals surface area contributed by atoms with Crippen LogP contribution in [-0.4, -0.2) is 35.6 Å². The van der Waals surface area contributed by atoms with Gasteiger partial charge in [0.2, 0.25) is 0 Å². The Morgan fingerprint density at radius 3 is 2.31 bits per heavy atom. The van der Waals surface area contributed by atoms with Crippen LogP contribution in [0.1, 0.15) is 44.7 Å². The molecule has 8 nitrogen and oxygen atoms in total. The Kier molecular flexibility index (Phi) is 5.91. The Morgan fingerprint density at radius 2 is 1.72 bits per heavy atom. The van der Waals surface area contributed by atoms with Gasteiger partial charge >= 0.3 is 11.7 Å². The van der Waals surface area contributed by atoms with Gasteiger partial charge in [-0.05, 0) is 45.4 Å². The second-order valence-corrected chi connectivity index (χ2v) is 6.78. The second kappa shape index (κ2) is 8.38. The normalized spacial score (nSPS) is 15.5. The third-order valence-electron chi connectivity index (χ3n) is 5.12. The van der Waals surface area contributed by atoms with Crippen LogP contribution in [0, 0.1) is 0 Å². The van der Waals surface area contributed by atoms with Crippen LogP contribution in [0.2, 0.25) is 0 Å². The van der Waals surface area contributed by atoms with E-state index in [1.54, 1.807) is 13.8 Å². The minimum Gasteiger partial charge on any atom is -0.463 e. The predicted octanol–water partition coefficient (Wildman–Crippen LogP) is 2.30. The molecular weight excluding hydrogens is 372 g/mol. The van der Waals surface area contributed by atoms with Crippen LogP contribution in [0.25, 0.3) is 0 Å². The maximum atomic E-state index is 12.7. The van der Waals surface area contributed by atoms with E-state index in [1.807, 2.05) is 24.3 Å². The number of nitrogens with zero attached hydrogens (tertiary/aromatic N) is 1. The van der Waals surface area contributed by atoms with E-state index in [9.17, 15) is 14.4 Å². The molecule has 0 radical (unpaired) electrons. The summed E-state index contributed by atoms with van der Waals surface area (Å²) in [5.41, 5.74) is 1.86. The number of aromatic amines is 2. The van der Waals surface area contributed by atoms with Crippen LogP contribution in [0.4, 0.5) is 11.5 Å². The summed E-state index contributed by atoms with van der Waals surface area (Å²) in [4.78, 5) is 44.2. The van der Waals surface area contributed by atoms with E-state index in [0.717, 1.165) is 24.3 Å². The van der Waals surface area contributed by atoms with Gasteiger partial charge < -0.3 is 15.0 Å². The van der Waals surface area contributed by atoms with Gasteiger partial charge in [0.05, 0.1) is 23.7 Å². The molecule has 1 atom stereocenters. The summed E-state index contributed by atoms with van der Waals surface area (Å²) in [5.74, 6) is -0.856. The van der Waals surface area contributed by atoms with Crippen molar-refractivity contribution < 1.29 is 9.53 Å². The number of benzene rings is 1. The Labute approximate surface area is 168 Å². The molecule has 29 heavy (non-hydrogen) atoms. The summed E-state index contributed by atoms with van der Waals surface area (Å²) >= 11 is 0. The number of fused-ring (bicyclic) bond motifs is 1. The van der Waals surface area contributed by atoms with Crippen molar-refractivity contribution in [1.29, 1.82) is 0 Å². The molecule has 0 saturated heterocycles. The van der Waals surface area contributed by atoms with Crippen molar-refractivity contribution in [1.82, 2.24) is 9.97 Å². The number of carbonyl (C=O) groups excluding carboxylic acids is 1. The fourth-order valence-electron chi connectivity index (χ4n) is 3.77. The van der Waals surface area contributed by atoms with Gasteiger partial charge in [0.25, 0.3) is 5.56 Å². The number of rotatable bonds is 6. The van der Waals surface area contributed by atoms with Gasteiger partial charge in [-0.3, -0.25) is 14.8 Å². The van der Waals surface area contributed by atoms with E-state index in [1.165, 1.54) is 0 Å². The summed E-state index contributed by atoms with van der Waals surface area (Å²) in [6, 6.07) is 7.76. The number of hydrogen-bond donors (Lipinski definition) is 3. The van der Waals surface area contributed by atoms with Crippen LogP contribution < -0.4 is 21.5 Å². The highest BCUT2D eigenvalue weighted by Crippen LogP contribution is 2.39. The zero-order valence-electron chi connectivity index (χ0n) is 17.1. The molecule has 1 aliphatic rings. The van der Waals surface area contributed by atoms with E-state index in [2.05, 4.69) is 34.0 Å². The number of esters is 1. The molecule has 0 unspecified atom stereocenters. The molecule has 1 aromatic heterocycles. The Hall–Kier alpha value is -3.29. The van der Waals surface area contributed by atoms with E-state index in [0.29, 0.717) is 17.1 Å². The van der Waals surface area contributed by atoms with Gasteiger partial charge in [0.1, 0.15) is 5.82 Å². The highest BCUT2D eigenvalue weighted by molar-refractivity contribution is 5.94. The van der Waals surface area contributed by atoms with Crippen molar-refractivity contribution in [3.05, 3.63) is 67.5 Å². The molecule has 3 N–H and O–H groups in total. The molecule has 154 valence electrons. The number of nitrogens with one attached hydrogen (secondary N) is 3. The second-order valence-electron chi connectivity index (χ2n) is 6.78. The lowest BCUT2D eigenvalue weighted by Crippen LogP contribution is -2.35. The Balaban J connectivity index is 2.18. The minimum absolute atomic E-state index is 0.220. The summed E-state index contributed by atoms with van der Waals surface area (Å²) < 4.78 is 5.25. The quantitative estimate of drug-likeness (QED) is 0.645. The number of carbonyl (C=O) groups is 1. The van der Waals surface area contributed by atoms with Crippen molar-refractivity contribution in [2.24, 2.45) is 0 Å². The van der Waals surface area contributed by atoms with E-state index in [4.69, 9.17) is 4.74 Å². The van der Waals surface area contributed by atoms with Gasteiger partial charge in [-0.1, -0.05) is 12.1 Å². The zero-order chi connectivity index (χ0) is 21.1. The molecule has 0 spiro atoms. The molecule has 2 aromatic rings. The first kappa shape index (κ1) is 20.4. The van der Waals surface area contributed by atoms with Crippen LogP contribution in [0.3, 0.4) is 0 Å². The van der Waals surface area contributed by atoms with Crippen molar-refractivity contribution in [2.75, 3.05) is 29.9 Å². The Morgan fingerprint density at radius 1 is 1.07 bits per heavy atom. The monoisotopic (exact) mass is 398 g/mol. The first-order valence-corrected chi connectivity index (χ1v) is 9.77. The molecule has 0 aliphatic carbocycles. The lowest BCUT2D eigenvalue weighted by molar-refractivity contribution is -0.138. The average Bonchev–Trinajstić information content (AvgIpc) is 2.68. The molecule has 0 fully saturated rings. The molecule has 3 rings (SSSR count). The van der Waals surface area contributed by atoms with Gasteiger partial charge in [-0.15, -0.1) is 0 Å². The third kappa shape index (κ3) is 3.83. The number of anilines is 2. The van der Waals surface area contributed by atoms with Crippen LogP contribution in [-0.2, 0) is 9.53 Å². The van der Waals surface area contributed by atoms with Crippen LogP contribution in [0.15, 0.2) is 45.1 Å². The molecule has 0 bridgehead atoms. The van der Waals surface area contributed by atoms with Gasteiger partial charge in [-0.2, -0.15) is 0 Å². The maximum absolute atomic E-state index is 12.7. The van der Waals surface area contributed by atoms with Crippen molar-refractivity contribution >= 4 is 17.5 Å². The van der Waals surface area contributed by atoms with E-state index < -0.39 is 23.1 Å². The predicted molar refractivity (Wildman–Crippen MR) is 112 cm³/mol. The zero-order valence-corrected chi connectivity index (χ0v) is 17.1. The fourth-order valence-corrected chi connectivity index (χ4v) is 3.77. The van der Waals surface area contributed by atoms with Gasteiger partial charge in [0, 0.05) is 24.5 Å². The third-order valence-corrected chi connectivity index (χ3v) is 5.12. The smallest absolute Gasteiger partial charge is 0.336 e. The fraction of sp³-hybridized carbons (Fsp3) is 0.381. The maximum Gasteiger partial charge on any atom is 0.336 e. The lowest BCUT2D eigenvalue weighted by Gasteiger charge is -2.29. The topological polar surface area (TPSA) is 107 Å². The van der Waals surface area contributed by atoms with Gasteiger partial charge in [-0.25, -0.2) is 9.59 Å². The number of H-pyrrole nitrogens is 2. The van der Waals surface area contributed by atoms with Crippen molar-refractivity contribution in [2.45, 2.75) is 33.6 Å². The van der Waals surface area contributed by atoms with E-state index >= 15 is 0 Å². The Bertz CT molecular complexity index is 1050. The first-order chi connectivity index (χ1) is 13.9. The minimum atomic E-state index is -0.656. The molecule has 0 saturated carbocycles. The molecular formula is C21H26N4O4. The van der Waals surface area contributed by atoms with Crippen LogP contribution in [0.5, 0.6) is 0 Å². The van der Waals surface area contributed by atoms with Gasteiger partial charge in [0.15, 0.2) is 0 Å². The first-order valence-electron chi connectivity index (χ1n) is 9.77. The number of allylic oxidation sites excluding steroid dienone is 1. The molecule has 1 aromatic carbocycles. The van der Waals surface area contributed by atoms with Crippen LogP contribution >= 0.6 is 0 Å². The lowest BCUT2D eigenvalue weighted by atomic mass is 9.82. The summed E-state index contributed by atoms with van der Waals surface area (Å²) in [6.07, 6.45) is 0. The summed E-state index contributed by atoms with van der Waals surface area (Å²) in [5, 5.41) is 2.97. The molecule has 1 aliphatic heterocycles. The highest BCUT2D eigenvalue weighted by Gasteiger charge is 2.35. The number of aromatic nitrogens is 2. The van der Waals surface area contributed by atoms with Crippen molar-refractivity contribution in [3.8, 4) is 0 Å². The number of hydrogen-bond acceptors (Lipinski definition) is 6. The standard InChI is InChI=1S/C21H26N4O4/c1-5-25(6-2)14-10-8-13(9-11-14)16-15(20(27)29-7-3)12(4)22-18-17(16)19(26)24-21(28)23-18/h8-11,16H,5-7H2,1-4H3,(H3,22,23,24,26,28)/t16-/m1/s1. The SMILES string of the molecule is CCOC(=O)C1=C(C)Nc2[nH]c(=O)[nH]c(=O)c2[C@@H]1c1ccc(N(CC)CC)cc1. The van der Waals surface area contributed by atoms with E-state index in [-0.39, 0.29) is 12.2 Å². The molecule has 0 amide bonds. The summed E-state index contributed by atoms with van der Waals surface area (Å²) in [7, 11) is 0. The highest BCUT2D eigenvalue weighted by atomic mass is 16.5. The summed E-state index contributed by atoms with van der Waals surface area (Å²) in [6.45, 7) is 9.60. The largest absolute Gasteiger partial charge is 0.463 e. The van der Waals surface area contributed by atoms with Crippen molar-refractivity contribution in [3.63, 3.8) is 0 Å².